The van der Waals surface area contributed by atoms with E-state index in [0.717, 1.165) is 47.4 Å². The number of nitrogens with two attached hydrogens (primary N) is 1. The van der Waals surface area contributed by atoms with Gasteiger partial charge in [0.25, 0.3) is 0 Å². The van der Waals surface area contributed by atoms with Crippen molar-refractivity contribution in [3.05, 3.63) is 71.3 Å². The molecule has 0 bridgehead atoms. The lowest BCUT2D eigenvalue weighted by Crippen LogP contribution is -2.32. The van der Waals surface area contributed by atoms with Crippen LogP contribution in [0, 0.1) is 0 Å². The lowest BCUT2D eigenvalue weighted by molar-refractivity contribution is 0.180. The third-order valence-electron chi connectivity index (χ3n) is 5.48. The van der Waals surface area contributed by atoms with Crippen molar-refractivity contribution in [2.24, 2.45) is 5.73 Å². The van der Waals surface area contributed by atoms with Gasteiger partial charge in [-0.1, -0.05) is 24.3 Å². The Kier molecular flexibility index (Phi) is 5.81. The summed E-state index contributed by atoms with van der Waals surface area (Å²) >= 11 is 0. The molecule has 1 aromatic carbocycles. The Balaban J connectivity index is 1.65. The van der Waals surface area contributed by atoms with Crippen LogP contribution in [0.5, 0.6) is 0 Å². The van der Waals surface area contributed by atoms with Gasteiger partial charge in [0.2, 0.25) is 0 Å². The summed E-state index contributed by atoms with van der Waals surface area (Å²) in [6, 6.07) is 12.5. The molecule has 1 unspecified atom stereocenters. The summed E-state index contributed by atoms with van der Waals surface area (Å²) < 4.78 is 0. The fourth-order valence-electron chi connectivity index (χ4n) is 3.97. The first kappa shape index (κ1) is 18.8. The number of pyridine rings is 1. The van der Waals surface area contributed by atoms with Crippen LogP contribution in [0.3, 0.4) is 0 Å². The lowest BCUT2D eigenvalue weighted by Gasteiger charge is -2.34. The lowest BCUT2D eigenvalue weighted by atomic mass is 9.90. The molecule has 6 nitrogen and oxygen atoms in total. The van der Waals surface area contributed by atoms with Crippen LogP contribution in [-0.2, 0) is 13.0 Å². The Labute approximate surface area is 165 Å². The number of imidazole rings is 1. The van der Waals surface area contributed by atoms with Gasteiger partial charge in [-0.25, -0.2) is 4.98 Å². The van der Waals surface area contributed by atoms with Gasteiger partial charge >= 0.3 is 0 Å². The van der Waals surface area contributed by atoms with Gasteiger partial charge in [0, 0.05) is 19.3 Å². The Morgan fingerprint density at radius 2 is 2.18 bits per heavy atom. The number of aliphatic hydroxyl groups is 1. The van der Waals surface area contributed by atoms with Crippen LogP contribution < -0.4 is 5.73 Å². The van der Waals surface area contributed by atoms with Crippen LogP contribution in [0.4, 0.5) is 0 Å². The molecule has 0 radical (unpaired) electrons. The molecule has 0 fully saturated rings. The zero-order chi connectivity index (χ0) is 19.3. The highest BCUT2D eigenvalue weighted by molar-refractivity contribution is 5.74. The molecule has 146 valence electrons. The quantitative estimate of drug-likeness (QED) is 0.551. The maximum absolute atomic E-state index is 9.49. The van der Waals surface area contributed by atoms with Gasteiger partial charge in [-0.05, 0) is 48.6 Å². The molecular formula is C22H27N5O. The van der Waals surface area contributed by atoms with Crippen LogP contribution in [-0.4, -0.2) is 44.7 Å². The number of rotatable bonds is 7. The maximum Gasteiger partial charge on any atom is 0.121 e. The summed E-state index contributed by atoms with van der Waals surface area (Å²) in [6.45, 7) is 1.75. The Morgan fingerprint density at radius 3 is 3.00 bits per heavy atom. The maximum atomic E-state index is 9.49. The molecule has 1 atom stereocenters. The monoisotopic (exact) mass is 377 g/mol. The van der Waals surface area contributed by atoms with E-state index in [4.69, 9.17) is 15.7 Å². The molecule has 1 aliphatic rings. The second-order valence-corrected chi connectivity index (χ2v) is 7.31. The summed E-state index contributed by atoms with van der Waals surface area (Å²) in [5.41, 5.74) is 11.1. The standard InChI is InChI=1S/C22H27N5O/c23-13-16(15-28)10-12-27(14-21-25-18-7-1-2-8-19(18)26-21)20-9-3-5-17-6-4-11-24-22(17)20/h1-2,4,6-8,10-11,20,28H,3,5,9,12-15,23H2,(H,25,26)/b16-10-. The largest absolute Gasteiger partial charge is 0.392 e. The van der Waals surface area contributed by atoms with Crippen molar-refractivity contribution in [1.82, 2.24) is 19.9 Å². The number of fused-ring (bicyclic) bond motifs is 2. The van der Waals surface area contributed by atoms with Crippen LogP contribution in [0.25, 0.3) is 11.0 Å². The number of H-pyrrole nitrogens is 1. The van der Waals surface area contributed by atoms with Crippen LogP contribution in [0.2, 0.25) is 0 Å². The minimum Gasteiger partial charge on any atom is -0.392 e. The van der Waals surface area contributed by atoms with Crippen molar-refractivity contribution in [3.63, 3.8) is 0 Å². The Morgan fingerprint density at radius 1 is 1.29 bits per heavy atom. The van der Waals surface area contributed by atoms with E-state index in [1.54, 1.807) is 0 Å². The summed E-state index contributed by atoms with van der Waals surface area (Å²) in [6.07, 6.45) is 7.21. The van der Waals surface area contributed by atoms with Crippen molar-refractivity contribution in [2.45, 2.75) is 31.8 Å². The summed E-state index contributed by atoms with van der Waals surface area (Å²) in [7, 11) is 0. The van der Waals surface area contributed by atoms with Crippen molar-refractivity contribution in [2.75, 3.05) is 19.7 Å². The second-order valence-electron chi connectivity index (χ2n) is 7.31. The normalized spacial score (nSPS) is 17.2. The third kappa shape index (κ3) is 3.99. The molecule has 4 rings (SSSR count). The predicted octanol–water partition coefficient (Wildman–Crippen LogP) is 2.71. The van der Waals surface area contributed by atoms with E-state index in [9.17, 15) is 5.11 Å². The van der Waals surface area contributed by atoms with E-state index in [-0.39, 0.29) is 12.6 Å². The molecule has 28 heavy (non-hydrogen) atoms. The number of aromatic nitrogens is 3. The Hall–Kier alpha value is -2.54. The number of para-hydroxylation sites is 2. The number of aromatic amines is 1. The van der Waals surface area contributed by atoms with Crippen molar-refractivity contribution in [1.29, 1.82) is 0 Å². The van der Waals surface area contributed by atoms with Gasteiger partial charge < -0.3 is 15.8 Å². The van der Waals surface area contributed by atoms with Gasteiger partial charge in [-0.3, -0.25) is 9.88 Å². The fourth-order valence-corrected chi connectivity index (χ4v) is 3.97. The summed E-state index contributed by atoms with van der Waals surface area (Å²) in [5.74, 6) is 0.941. The molecule has 0 saturated carbocycles. The second kappa shape index (κ2) is 8.65. The van der Waals surface area contributed by atoms with E-state index >= 15 is 0 Å². The van der Waals surface area contributed by atoms with Gasteiger partial charge in [-0.15, -0.1) is 0 Å². The van der Waals surface area contributed by atoms with E-state index in [0.29, 0.717) is 19.6 Å². The first-order valence-corrected chi connectivity index (χ1v) is 9.88. The van der Waals surface area contributed by atoms with Crippen LogP contribution in [0.15, 0.2) is 54.2 Å². The summed E-state index contributed by atoms with van der Waals surface area (Å²) in [4.78, 5) is 15.3. The molecule has 1 aliphatic carbocycles. The molecule has 2 heterocycles. The molecule has 2 aromatic heterocycles. The van der Waals surface area contributed by atoms with E-state index in [2.05, 4.69) is 16.0 Å². The predicted molar refractivity (Wildman–Crippen MR) is 111 cm³/mol. The fraction of sp³-hybridized carbons (Fsp3) is 0.364. The average molecular weight is 377 g/mol. The molecular weight excluding hydrogens is 350 g/mol. The van der Waals surface area contributed by atoms with Crippen molar-refractivity contribution in [3.8, 4) is 0 Å². The van der Waals surface area contributed by atoms with Crippen LogP contribution >= 0.6 is 0 Å². The highest BCUT2D eigenvalue weighted by Crippen LogP contribution is 2.33. The average Bonchev–Trinajstić information content (AvgIpc) is 3.15. The molecule has 4 N–H and O–H groups in total. The van der Waals surface area contributed by atoms with Gasteiger partial charge in [0.1, 0.15) is 5.82 Å². The smallest absolute Gasteiger partial charge is 0.121 e. The third-order valence-corrected chi connectivity index (χ3v) is 5.48. The minimum atomic E-state index is -0.00547. The number of aliphatic hydroxyl groups excluding tert-OH is 1. The topological polar surface area (TPSA) is 91.1 Å². The molecule has 0 spiro atoms. The van der Waals surface area contributed by atoms with Crippen molar-refractivity contribution < 1.29 is 5.11 Å². The number of hydrogen-bond donors (Lipinski definition) is 3. The molecule has 0 amide bonds. The number of nitrogens with zero attached hydrogens (tertiary/aromatic N) is 3. The summed E-state index contributed by atoms with van der Waals surface area (Å²) in [5, 5.41) is 9.49. The van der Waals surface area contributed by atoms with Gasteiger partial charge in [0.05, 0.1) is 35.9 Å². The highest BCUT2D eigenvalue weighted by atomic mass is 16.3. The molecule has 0 saturated heterocycles. The zero-order valence-electron chi connectivity index (χ0n) is 16.0. The van der Waals surface area contributed by atoms with Gasteiger partial charge in [0.15, 0.2) is 0 Å². The minimum absolute atomic E-state index is 0.00547. The molecule has 6 heteroatoms. The number of benzene rings is 1. The zero-order valence-corrected chi connectivity index (χ0v) is 16.0. The van der Waals surface area contributed by atoms with E-state index in [1.165, 1.54) is 5.56 Å². The highest BCUT2D eigenvalue weighted by Gasteiger charge is 2.27. The number of aryl methyl sites for hydroxylation is 1. The van der Waals surface area contributed by atoms with Crippen LogP contribution in [0.1, 0.15) is 36.0 Å². The first-order valence-electron chi connectivity index (χ1n) is 9.88. The Bertz CT molecular complexity index is 925. The number of nitrogens with one attached hydrogen (secondary N) is 1. The van der Waals surface area contributed by atoms with Crippen molar-refractivity contribution >= 4 is 11.0 Å². The van der Waals surface area contributed by atoms with Gasteiger partial charge in [-0.2, -0.15) is 0 Å². The van der Waals surface area contributed by atoms with E-state index in [1.807, 2.05) is 42.6 Å². The SMILES string of the molecule is NC/C(=C/CN(Cc1nc2ccccc2[nH]1)C1CCCc2cccnc21)CO. The molecule has 3 aromatic rings. The van der Waals surface area contributed by atoms with E-state index < -0.39 is 0 Å². The number of hydrogen-bond acceptors (Lipinski definition) is 5. The molecule has 0 aliphatic heterocycles. The first-order chi connectivity index (χ1) is 13.8.